The van der Waals surface area contributed by atoms with Crippen molar-refractivity contribution in [1.82, 2.24) is 0 Å². The van der Waals surface area contributed by atoms with Gasteiger partial charge in [-0.25, -0.2) is 18.4 Å². The van der Waals surface area contributed by atoms with E-state index in [0.29, 0.717) is 25.4 Å². The van der Waals surface area contributed by atoms with Gasteiger partial charge in [0.25, 0.3) is 0 Å². The number of carboxylic acids is 1. The largest absolute Gasteiger partial charge is 0.478 e. The van der Waals surface area contributed by atoms with Crippen LogP contribution in [0.25, 0.3) is 0 Å². The summed E-state index contributed by atoms with van der Waals surface area (Å²) in [6, 6.07) is 3.65. The van der Waals surface area contributed by atoms with Crippen LogP contribution < -0.4 is 10.5 Å². The first kappa shape index (κ1) is 17.2. The van der Waals surface area contributed by atoms with Gasteiger partial charge in [-0.05, 0) is 24.6 Å². The van der Waals surface area contributed by atoms with E-state index in [1.54, 1.807) is 6.08 Å². The number of nitrogens with two attached hydrogens (primary N) is 1. The van der Waals surface area contributed by atoms with E-state index in [1.807, 2.05) is 0 Å². The van der Waals surface area contributed by atoms with Gasteiger partial charge in [-0.1, -0.05) is 6.08 Å². The number of benzene rings is 1. The van der Waals surface area contributed by atoms with E-state index in [0.717, 1.165) is 12.5 Å². The molecule has 4 N–H and O–H groups in total. The number of carbonyl (C=O) groups is 1. The van der Waals surface area contributed by atoms with Gasteiger partial charge in [0.1, 0.15) is 0 Å². The van der Waals surface area contributed by atoms with Gasteiger partial charge in [-0.15, -0.1) is 6.58 Å². The second kappa shape index (κ2) is 7.77. The van der Waals surface area contributed by atoms with Crippen molar-refractivity contribution >= 4 is 21.7 Å². The molecule has 0 atom stereocenters. The summed E-state index contributed by atoms with van der Waals surface area (Å²) in [7, 11) is -3.94. The number of rotatable bonds is 9. The lowest BCUT2D eigenvalue weighted by Gasteiger charge is -2.11. The molecule has 0 fully saturated rings. The molecule has 1 aromatic rings. The van der Waals surface area contributed by atoms with E-state index in [2.05, 4.69) is 11.9 Å². The molecule has 7 nitrogen and oxygen atoms in total. The highest BCUT2D eigenvalue weighted by molar-refractivity contribution is 7.89. The maximum Gasteiger partial charge on any atom is 0.337 e. The Morgan fingerprint density at radius 3 is 2.71 bits per heavy atom. The van der Waals surface area contributed by atoms with Crippen LogP contribution in [-0.4, -0.2) is 39.3 Å². The van der Waals surface area contributed by atoms with Gasteiger partial charge in [0, 0.05) is 12.2 Å². The molecule has 0 heterocycles. The number of ether oxygens (including phenoxy) is 1. The minimum atomic E-state index is -3.94. The number of hydrogen-bond donors (Lipinski definition) is 3. The predicted molar refractivity (Wildman–Crippen MR) is 78.9 cm³/mol. The summed E-state index contributed by atoms with van der Waals surface area (Å²) in [6.07, 6.45) is 2.48. The molecule has 0 aliphatic carbocycles. The summed E-state index contributed by atoms with van der Waals surface area (Å²) < 4.78 is 27.7. The van der Waals surface area contributed by atoms with Crippen molar-refractivity contribution in [3.05, 3.63) is 36.4 Å². The van der Waals surface area contributed by atoms with Gasteiger partial charge in [-0.3, -0.25) is 0 Å². The molecule has 0 spiro atoms. The highest BCUT2D eigenvalue weighted by Crippen LogP contribution is 2.19. The molecule has 1 aromatic carbocycles. The minimum absolute atomic E-state index is 0.160. The molecule has 116 valence electrons. The minimum Gasteiger partial charge on any atom is -0.478 e. The van der Waals surface area contributed by atoms with E-state index in [1.165, 1.54) is 12.1 Å². The molecule has 0 bridgehead atoms. The smallest absolute Gasteiger partial charge is 0.337 e. The van der Waals surface area contributed by atoms with Crippen molar-refractivity contribution in [2.75, 3.05) is 25.1 Å². The van der Waals surface area contributed by atoms with E-state index < -0.39 is 16.0 Å². The molecular formula is C13H18N2O5S. The molecule has 0 amide bonds. The first-order valence-corrected chi connectivity index (χ1v) is 7.73. The summed E-state index contributed by atoms with van der Waals surface area (Å²) in [4.78, 5) is 10.9. The van der Waals surface area contributed by atoms with Crippen LogP contribution in [0, 0.1) is 0 Å². The van der Waals surface area contributed by atoms with Gasteiger partial charge < -0.3 is 15.2 Å². The molecule has 0 aliphatic heterocycles. The van der Waals surface area contributed by atoms with Crippen LogP contribution in [-0.2, 0) is 14.8 Å². The number of primary sulfonamides is 1. The number of hydrogen-bond acceptors (Lipinski definition) is 5. The van der Waals surface area contributed by atoms with E-state index >= 15 is 0 Å². The summed E-state index contributed by atoms with van der Waals surface area (Å²) in [6.45, 7) is 4.90. The third-order valence-corrected chi connectivity index (χ3v) is 3.49. The Hall–Kier alpha value is -1.90. The lowest BCUT2D eigenvalue weighted by Crippen LogP contribution is -2.16. The molecule has 0 radical (unpaired) electrons. The van der Waals surface area contributed by atoms with Crippen LogP contribution in [0.2, 0.25) is 0 Å². The SMILES string of the molecule is C=CCCOCCNc1ccc(S(N)(=O)=O)cc1C(=O)O. The van der Waals surface area contributed by atoms with Crippen LogP contribution in [0.4, 0.5) is 5.69 Å². The Balaban J connectivity index is 2.74. The number of nitrogens with one attached hydrogen (secondary N) is 1. The van der Waals surface area contributed by atoms with E-state index in [9.17, 15) is 13.2 Å². The summed E-state index contributed by atoms with van der Waals surface area (Å²) in [5.41, 5.74) is 0.148. The topological polar surface area (TPSA) is 119 Å². The van der Waals surface area contributed by atoms with Crippen molar-refractivity contribution < 1.29 is 23.1 Å². The summed E-state index contributed by atoms with van der Waals surface area (Å²) in [5.74, 6) is -1.24. The first-order chi connectivity index (χ1) is 9.86. The molecule has 0 saturated heterocycles. The van der Waals surface area contributed by atoms with Crippen molar-refractivity contribution in [3.63, 3.8) is 0 Å². The second-order valence-corrected chi connectivity index (χ2v) is 5.74. The van der Waals surface area contributed by atoms with Crippen LogP contribution in [0.15, 0.2) is 35.7 Å². The summed E-state index contributed by atoms with van der Waals surface area (Å²) in [5, 5.41) is 17.0. The van der Waals surface area contributed by atoms with Gasteiger partial charge in [0.15, 0.2) is 0 Å². The van der Waals surface area contributed by atoms with E-state index in [-0.39, 0.29) is 10.5 Å². The van der Waals surface area contributed by atoms with Crippen LogP contribution >= 0.6 is 0 Å². The van der Waals surface area contributed by atoms with Gasteiger partial charge >= 0.3 is 5.97 Å². The molecule has 8 heteroatoms. The predicted octanol–water partition coefficient (Wildman–Crippen LogP) is 1.04. The molecule has 21 heavy (non-hydrogen) atoms. The standard InChI is InChI=1S/C13H18N2O5S/c1-2-3-7-20-8-6-15-12-5-4-10(21(14,18)19)9-11(12)13(16)17/h2,4-5,9,15H,1,3,6-8H2,(H,16,17)(H2,14,18,19). The first-order valence-electron chi connectivity index (χ1n) is 6.19. The fourth-order valence-corrected chi connectivity index (χ4v) is 2.10. The number of carboxylic acid groups (broad SMARTS) is 1. The van der Waals surface area contributed by atoms with E-state index in [4.69, 9.17) is 15.0 Å². The average Bonchev–Trinajstić information content (AvgIpc) is 2.41. The monoisotopic (exact) mass is 314 g/mol. The maximum absolute atomic E-state index is 11.2. The zero-order valence-corrected chi connectivity index (χ0v) is 12.2. The Morgan fingerprint density at radius 1 is 1.43 bits per heavy atom. The highest BCUT2D eigenvalue weighted by atomic mass is 32.2. The molecular weight excluding hydrogens is 296 g/mol. The molecule has 0 aromatic heterocycles. The van der Waals surface area contributed by atoms with Gasteiger partial charge in [0.05, 0.1) is 23.7 Å². The van der Waals surface area contributed by atoms with Crippen LogP contribution in [0.1, 0.15) is 16.8 Å². The lowest BCUT2D eigenvalue weighted by atomic mass is 10.2. The Morgan fingerprint density at radius 2 is 2.14 bits per heavy atom. The molecule has 0 unspecified atom stereocenters. The number of aromatic carboxylic acids is 1. The second-order valence-electron chi connectivity index (χ2n) is 4.17. The van der Waals surface area contributed by atoms with Crippen molar-refractivity contribution in [2.24, 2.45) is 5.14 Å². The van der Waals surface area contributed by atoms with Crippen molar-refractivity contribution in [3.8, 4) is 0 Å². The van der Waals surface area contributed by atoms with Gasteiger partial charge in [0.2, 0.25) is 10.0 Å². The Bertz CT molecular complexity index is 613. The molecule has 0 aliphatic rings. The molecule has 1 rings (SSSR count). The zero-order valence-electron chi connectivity index (χ0n) is 11.4. The Labute approximate surface area is 123 Å². The fourth-order valence-electron chi connectivity index (χ4n) is 1.56. The zero-order chi connectivity index (χ0) is 15.9. The number of sulfonamides is 1. The fraction of sp³-hybridized carbons (Fsp3) is 0.308. The van der Waals surface area contributed by atoms with Crippen LogP contribution in [0.5, 0.6) is 0 Å². The van der Waals surface area contributed by atoms with Crippen molar-refractivity contribution in [1.29, 1.82) is 0 Å². The highest BCUT2D eigenvalue weighted by Gasteiger charge is 2.15. The third-order valence-electron chi connectivity index (χ3n) is 2.58. The average molecular weight is 314 g/mol. The van der Waals surface area contributed by atoms with Crippen molar-refractivity contribution in [2.45, 2.75) is 11.3 Å². The lowest BCUT2D eigenvalue weighted by molar-refractivity contribution is 0.0697. The Kier molecular flexibility index (Phi) is 6.35. The third kappa shape index (κ3) is 5.54. The normalized spacial score (nSPS) is 11.1. The molecule has 0 saturated carbocycles. The summed E-state index contributed by atoms with van der Waals surface area (Å²) >= 11 is 0. The quantitative estimate of drug-likeness (QED) is 0.463. The number of anilines is 1. The van der Waals surface area contributed by atoms with Gasteiger partial charge in [-0.2, -0.15) is 0 Å². The maximum atomic E-state index is 11.2. The van der Waals surface area contributed by atoms with Crippen LogP contribution in [0.3, 0.4) is 0 Å².